The van der Waals surface area contributed by atoms with Gasteiger partial charge in [-0.15, -0.1) is 0 Å². The Morgan fingerprint density at radius 3 is 2.79 bits per heavy atom. The maximum absolute atomic E-state index is 3.54. The van der Waals surface area contributed by atoms with Crippen LogP contribution < -0.4 is 10.6 Å². The summed E-state index contributed by atoms with van der Waals surface area (Å²) in [7, 11) is 0. The Hall–Kier alpha value is -0.0800. The van der Waals surface area contributed by atoms with E-state index in [1.54, 1.807) is 0 Å². The molecule has 1 fully saturated rings. The Morgan fingerprint density at radius 2 is 2.21 bits per heavy atom. The van der Waals surface area contributed by atoms with E-state index >= 15 is 0 Å². The molecule has 0 bridgehead atoms. The van der Waals surface area contributed by atoms with Gasteiger partial charge in [-0.1, -0.05) is 20.8 Å². The largest absolute Gasteiger partial charge is 0.316 e. The van der Waals surface area contributed by atoms with E-state index < -0.39 is 0 Å². The van der Waals surface area contributed by atoms with Gasteiger partial charge in [-0.2, -0.15) is 0 Å². The normalized spacial score (nSPS) is 23.8. The van der Waals surface area contributed by atoms with Gasteiger partial charge < -0.3 is 10.6 Å². The van der Waals surface area contributed by atoms with Crippen LogP contribution in [0.15, 0.2) is 0 Å². The second kappa shape index (κ2) is 5.72. The van der Waals surface area contributed by atoms with Gasteiger partial charge in [0.25, 0.3) is 0 Å². The SMILES string of the molecule is CCCNCC(C)(C)C1CCCNC1. The molecule has 1 rings (SSSR count). The van der Waals surface area contributed by atoms with E-state index in [4.69, 9.17) is 0 Å². The first-order chi connectivity index (χ1) is 6.67. The van der Waals surface area contributed by atoms with Crippen molar-refractivity contribution < 1.29 is 0 Å². The molecule has 0 aromatic heterocycles. The van der Waals surface area contributed by atoms with Crippen molar-refractivity contribution in [3.8, 4) is 0 Å². The molecule has 2 N–H and O–H groups in total. The molecule has 0 aromatic carbocycles. The molecular weight excluding hydrogens is 172 g/mol. The molecule has 2 heteroatoms. The van der Waals surface area contributed by atoms with Crippen LogP contribution in [0.4, 0.5) is 0 Å². The summed E-state index contributed by atoms with van der Waals surface area (Å²) >= 11 is 0. The Balaban J connectivity index is 2.29. The Bertz CT molecular complexity index is 148. The fourth-order valence-corrected chi connectivity index (χ4v) is 2.25. The van der Waals surface area contributed by atoms with Gasteiger partial charge in [0.15, 0.2) is 0 Å². The summed E-state index contributed by atoms with van der Waals surface area (Å²) in [5, 5.41) is 7.05. The third-order valence-corrected chi connectivity index (χ3v) is 3.41. The fourth-order valence-electron chi connectivity index (χ4n) is 2.25. The van der Waals surface area contributed by atoms with Crippen molar-refractivity contribution >= 4 is 0 Å². The molecule has 14 heavy (non-hydrogen) atoms. The minimum absolute atomic E-state index is 0.447. The molecule has 84 valence electrons. The zero-order chi connectivity index (χ0) is 10.4. The molecule has 1 atom stereocenters. The van der Waals surface area contributed by atoms with Crippen LogP contribution in [0.1, 0.15) is 40.0 Å². The molecule has 1 aliphatic rings. The summed E-state index contributed by atoms with van der Waals surface area (Å²) in [5.41, 5.74) is 0.447. The lowest BCUT2D eigenvalue weighted by Crippen LogP contribution is -2.43. The second-order valence-corrected chi connectivity index (χ2v) is 5.21. The maximum atomic E-state index is 3.54. The number of hydrogen-bond donors (Lipinski definition) is 2. The highest BCUT2D eigenvalue weighted by molar-refractivity contribution is 4.84. The molecule has 0 radical (unpaired) electrons. The lowest BCUT2D eigenvalue weighted by molar-refractivity contribution is 0.167. The number of piperidine rings is 1. The molecule has 0 saturated carbocycles. The predicted octanol–water partition coefficient (Wildman–Crippen LogP) is 2.01. The first-order valence-electron chi connectivity index (χ1n) is 6.08. The Morgan fingerprint density at radius 1 is 1.43 bits per heavy atom. The van der Waals surface area contributed by atoms with Gasteiger partial charge in [0.1, 0.15) is 0 Å². The van der Waals surface area contributed by atoms with Crippen LogP contribution in [-0.2, 0) is 0 Å². The fraction of sp³-hybridized carbons (Fsp3) is 1.00. The summed E-state index contributed by atoms with van der Waals surface area (Å²) in [5.74, 6) is 0.848. The van der Waals surface area contributed by atoms with E-state index in [9.17, 15) is 0 Å². The monoisotopic (exact) mass is 198 g/mol. The van der Waals surface area contributed by atoms with Crippen molar-refractivity contribution in [2.45, 2.75) is 40.0 Å². The second-order valence-electron chi connectivity index (χ2n) is 5.21. The maximum Gasteiger partial charge on any atom is 0.000564 e. The van der Waals surface area contributed by atoms with Gasteiger partial charge in [-0.3, -0.25) is 0 Å². The van der Waals surface area contributed by atoms with Crippen molar-refractivity contribution in [3.05, 3.63) is 0 Å². The summed E-state index contributed by atoms with van der Waals surface area (Å²) in [6.07, 6.45) is 3.98. The van der Waals surface area contributed by atoms with Crippen LogP contribution in [0.25, 0.3) is 0 Å². The summed E-state index contributed by atoms with van der Waals surface area (Å²) < 4.78 is 0. The summed E-state index contributed by atoms with van der Waals surface area (Å²) in [6, 6.07) is 0. The highest BCUT2D eigenvalue weighted by Gasteiger charge is 2.29. The Kier molecular flexibility index (Phi) is 4.90. The van der Waals surface area contributed by atoms with Crippen molar-refractivity contribution in [1.29, 1.82) is 0 Å². The van der Waals surface area contributed by atoms with Crippen LogP contribution in [-0.4, -0.2) is 26.2 Å². The zero-order valence-corrected chi connectivity index (χ0v) is 10.0. The van der Waals surface area contributed by atoms with Crippen LogP contribution >= 0.6 is 0 Å². The van der Waals surface area contributed by atoms with Crippen molar-refractivity contribution in [1.82, 2.24) is 10.6 Å². The van der Waals surface area contributed by atoms with E-state index in [1.165, 1.54) is 32.4 Å². The van der Waals surface area contributed by atoms with Gasteiger partial charge in [0, 0.05) is 6.54 Å². The van der Waals surface area contributed by atoms with Crippen LogP contribution in [0.5, 0.6) is 0 Å². The van der Waals surface area contributed by atoms with Gasteiger partial charge in [0.05, 0.1) is 0 Å². The first-order valence-corrected chi connectivity index (χ1v) is 6.08. The standard InChI is InChI=1S/C12H26N2/c1-4-7-14-10-12(2,3)11-6-5-8-13-9-11/h11,13-14H,4-10H2,1-3H3. The topological polar surface area (TPSA) is 24.1 Å². The number of hydrogen-bond acceptors (Lipinski definition) is 2. The van der Waals surface area contributed by atoms with E-state index in [0.29, 0.717) is 5.41 Å². The molecule has 0 amide bonds. The van der Waals surface area contributed by atoms with Gasteiger partial charge >= 0.3 is 0 Å². The van der Waals surface area contributed by atoms with E-state index in [0.717, 1.165) is 19.0 Å². The van der Waals surface area contributed by atoms with Crippen LogP contribution in [0.3, 0.4) is 0 Å². The molecule has 1 heterocycles. The molecule has 0 spiro atoms. The predicted molar refractivity (Wildman–Crippen MR) is 62.5 cm³/mol. The first kappa shape index (κ1) is 12.0. The highest BCUT2D eigenvalue weighted by atomic mass is 14.9. The third kappa shape index (κ3) is 3.58. The van der Waals surface area contributed by atoms with E-state index in [2.05, 4.69) is 31.4 Å². The Labute approximate surface area is 88.8 Å². The minimum Gasteiger partial charge on any atom is -0.316 e. The minimum atomic E-state index is 0.447. The van der Waals surface area contributed by atoms with Gasteiger partial charge in [-0.05, 0) is 50.2 Å². The average molecular weight is 198 g/mol. The quantitative estimate of drug-likeness (QED) is 0.660. The number of nitrogens with one attached hydrogen (secondary N) is 2. The average Bonchev–Trinajstić information content (AvgIpc) is 2.19. The third-order valence-electron chi connectivity index (χ3n) is 3.41. The molecule has 2 nitrogen and oxygen atoms in total. The van der Waals surface area contributed by atoms with Crippen molar-refractivity contribution in [2.24, 2.45) is 11.3 Å². The smallest absolute Gasteiger partial charge is 0.000564 e. The van der Waals surface area contributed by atoms with Gasteiger partial charge in [0.2, 0.25) is 0 Å². The summed E-state index contributed by atoms with van der Waals surface area (Å²) in [6.45, 7) is 11.8. The number of rotatable bonds is 5. The molecule has 1 unspecified atom stereocenters. The van der Waals surface area contributed by atoms with E-state index in [1.807, 2.05) is 0 Å². The van der Waals surface area contributed by atoms with Crippen LogP contribution in [0.2, 0.25) is 0 Å². The molecule has 0 aliphatic carbocycles. The molecular formula is C12H26N2. The van der Waals surface area contributed by atoms with E-state index in [-0.39, 0.29) is 0 Å². The van der Waals surface area contributed by atoms with Gasteiger partial charge in [-0.25, -0.2) is 0 Å². The lowest BCUT2D eigenvalue weighted by atomic mass is 9.75. The molecule has 1 saturated heterocycles. The molecule has 1 aliphatic heterocycles. The zero-order valence-electron chi connectivity index (χ0n) is 10.0. The van der Waals surface area contributed by atoms with Crippen molar-refractivity contribution in [3.63, 3.8) is 0 Å². The lowest BCUT2D eigenvalue weighted by Gasteiger charge is -2.37. The van der Waals surface area contributed by atoms with Crippen molar-refractivity contribution in [2.75, 3.05) is 26.2 Å². The summed E-state index contributed by atoms with van der Waals surface area (Å²) in [4.78, 5) is 0. The van der Waals surface area contributed by atoms with Crippen LogP contribution in [0, 0.1) is 11.3 Å². The highest BCUT2D eigenvalue weighted by Crippen LogP contribution is 2.30. The molecule has 0 aromatic rings.